The number of nitrogens with zero attached hydrogens (tertiary/aromatic N) is 2. The molecule has 0 aliphatic rings. The number of nitro groups is 1. The quantitative estimate of drug-likeness (QED) is 0.673. The molecule has 0 atom stereocenters. The van der Waals surface area contributed by atoms with Crippen LogP contribution in [0, 0.1) is 10.1 Å². The first-order valence-electron chi connectivity index (χ1n) is 4.78. The van der Waals surface area contributed by atoms with Gasteiger partial charge in [0.25, 0.3) is 11.6 Å². The predicted molar refractivity (Wildman–Crippen MR) is 64.8 cm³/mol. The zero-order valence-corrected chi connectivity index (χ0v) is 10.7. The molecular weight excluding hydrogens is 292 g/mol. The van der Waals surface area contributed by atoms with Crippen LogP contribution in [0.25, 0.3) is 0 Å². The van der Waals surface area contributed by atoms with Gasteiger partial charge in [0.1, 0.15) is 4.47 Å². The predicted octanol–water partition coefficient (Wildman–Crippen LogP) is 1.42. The molecule has 0 aliphatic heterocycles. The van der Waals surface area contributed by atoms with Crippen LogP contribution in [0.15, 0.2) is 22.7 Å². The fourth-order valence-electron chi connectivity index (χ4n) is 1.28. The number of halogens is 1. The number of hydrogen-bond acceptors (Lipinski definition) is 4. The second kappa shape index (κ2) is 5.74. The number of carbonyl (C=O) groups excluding carboxylic acids is 1. The third-order valence-electron chi connectivity index (χ3n) is 2.19. The molecule has 0 bridgehead atoms. The Morgan fingerprint density at radius 2 is 2.24 bits per heavy atom. The number of likely N-dealkylation sites (N-methyl/N-ethyl adjacent to an activating group) is 1. The van der Waals surface area contributed by atoms with Crippen molar-refractivity contribution in [2.24, 2.45) is 0 Å². The zero-order chi connectivity index (χ0) is 13.0. The third kappa shape index (κ3) is 3.01. The van der Waals surface area contributed by atoms with Crippen molar-refractivity contribution in [3.05, 3.63) is 38.3 Å². The smallest absolute Gasteiger partial charge is 0.284 e. The Labute approximate surface area is 106 Å². The average Bonchev–Trinajstić information content (AvgIpc) is 2.28. The van der Waals surface area contributed by atoms with E-state index in [1.54, 1.807) is 0 Å². The molecule has 0 saturated heterocycles. The van der Waals surface area contributed by atoms with Gasteiger partial charge in [0.05, 0.1) is 17.1 Å². The fraction of sp³-hybridized carbons (Fsp3) is 0.300. The molecule has 1 rings (SSSR count). The van der Waals surface area contributed by atoms with Gasteiger partial charge in [-0.15, -0.1) is 0 Å². The lowest BCUT2D eigenvalue weighted by Gasteiger charge is -2.16. The molecule has 0 saturated carbocycles. The molecule has 17 heavy (non-hydrogen) atoms. The normalized spacial score (nSPS) is 10.1. The molecule has 0 radical (unpaired) electrons. The summed E-state index contributed by atoms with van der Waals surface area (Å²) in [7, 11) is 1.52. The van der Waals surface area contributed by atoms with Gasteiger partial charge in [0.2, 0.25) is 0 Å². The van der Waals surface area contributed by atoms with Crippen molar-refractivity contribution in [3.8, 4) is 0 Å². The summed E-state index contributed by atoms with van der Waals surface area (Å²) < 4.78 is 0.153. The lowest BCUT2D eigenvalue weighted by molar-refractivity contribution is -0.385. The van der Waals surface area contributed by atoms with Crippen LogP contribution < -0.4 is 0 Å². The van der Waals surface area contributed by atoms with Crippen molar-refractivity contribution in [2.45, 2.75) is 0 Å². The van der Waals surface area contributed by atoms with Gasteiger partial charge in [-0.25, -0.2) is 0 Å². The number of rotatable bonds is 4. The van der Waals surface area contributed by atoms with Crippen LogP contribution >= 0.6 is 15.9 Å². The van der Waals surface area contributed by atoms with Gasteiger partial charge in [0, 0.05) is 19.7 Å². The Morgan fingerprint density at radius 1 is 1.59 bits per heavy atom. The summed E-state index contributed by atoms with van der Waals surface area (Å²) in [5, 5.41) is 19.4. The van der Waals surface area contributed by atoms with Gasteiger partial charge in [0.15, 0.2) is 0 Å². The Hall–Kier alpha value is -1.47. The molecule has 6 nitrogen and oxygen atoms in total. The van der Waals surface area contributed by atoms with E-state index in [-0.39, 0.29) is 34.8 Å². The van der Waals surface area contributed by atoms with E-state index < -0.39 is 4.92 Å². The van der Waals surface area contributed by atoms with Crippen LogP contribution in [0.5, 0.6) is 0 Å². The summed E-state index contributed by atoms with van der Waals surface area (Å²) in [6.45, 7) is 0.0166. The van der Waals surface area contributed by atoms with Gasteiger partial charge in [-0.3, -0.25) is 14.9 Å². The van der Waals surface area contributed by atoms with Crippen molar-refractivity contribution in [1.82, 2.24) is 4.90 Å². The maximum atomic E-state index is 11.9. The SMILES string of the molecule is CN(CCO)C(=O)c1cccc([N+](=O)[O-])c1Br. The summed E-state index contributed by atoms with van der Waals surface area (Å²) in [5.74, 6) is -0.380. The Kier molecular flexibility index (Phi) is 4.59. The highest BCUT2D eigenvalue weighted by Gasteiger charge is 2.21. The average molecular weight is 303 g/mol. The first-order valence-corrected chi connectivity index (χ1v) is 5.57. The standard InChI is InChI=1S/C10H11BrN2O4/c1-12(5-6-14)10(15)7-3-2-4-8(9(7)11)13(16)17/h2-4,14H,5-6H2,1H3. The molecule has 0 heterocycles. The molecule has 0 aromatic heterocycles. The zero-order valence-electron chi connectivity index (χ0n) is 9.09. The Morgan fingerprint density at radius 3 is 2.76 bits per heavy atom. The molecule has 0 spiro atoms. The fourth-order valence-corrected chi connectivity index (χ4v) is 1.86. The van der Waals surface area contributed by atoms with Crippen LogP contribution in [0.1, 0.15) is 10.4 Å². The Bertz CT molecular complexity index is 450. The van der Waals surface area contributed by atoms with Crippen molar-refractivity contribution in [1.29, 1.82) is 0 Å². The molecule has 1 aromatic rings. The summed E-state index contributed by atoms with van der Waals surface area (Å²) in [6, 6.07) is 4.25. The highest BCUT2D eigenvalue weighted by Crippen LogP contribution is 2.28. The number of benzene rings is 1. The molecular formula is C10H11BrN2O4. The van der Waals surface area contributed by atoms with Crippen molar-refractivity contribution in [2.75, 3.05) is 20.2 Å². The number of aliphatic hydroxyl groups is 1. The van der Waals surface area contributed by atoms with Crippen molar-refractivity contribution in [3.63, 3.8) is 0 Å². The maximum absolute atomic E-state index is 11.9. The van der Waals surface area contributed by atoms with Crippen LogP contribution in [0.3, 0.4) is 0 Å². The summed E-state index contributed by atoms with van der Waals surface area (Å²) in [4.78, 5) is 23.3. The number of carbonyl (C=O) groups is 1. The molecule has 1 aromatic carbocycles. The lowest BCUT2D eigenvalue weighted by Crippen LogP contribution is -2.29. The number of nitro benzene ring substituents is 1. The highest BCUT2D eigenvalue weighted by molar-refractivity contribution is 9.10. The van der Waals surface area contributed by atoms with Gasteiger partial charge >= 0.3 is 0 Å². The maximum Gasteiger partial charge on any atom is 0.284 e. The second-order valence-corrected chi connectivity index (χ2v) is 4.14. The van der Waals surface area contributed by atoms with E-state index in [4.69, 9.17) is 5.11 Å². The number of amides is 1. The first-order chi connectivity index (χ1) is 7.99. The van der Waals surface area contributed by atoms with Gasteiger partial charge in [-0.2, -0.15) is 0 Å². The minimum Gasteiger partial charge on any atom is -0.395 e. The van der Waals surface area contributed by atoms with Crippen molar-refractivity contribution >= 4 is 27.5 Å². The second-order valence-electron chi connectivity index (χ2n) is 3.35. The number of hydrogen-bond donors (Lipinski definition) is 1. The third-order valence-corrected chi connectivity index (χ3v) is 3.02. The number of aliphatic hydroxyl groups excluding tert-OH is 1. The monoisotopic (exact) mass is 302 g/mol. The molecule has 92 valence electrons. The summed E-state index contributed by atoms with van der Waals surface area (Å²) >= 11 is 3.05. The van der Waals surface area contributed by atoms with Crippen molar-refractivity contribution < 1.29 is 14.8 Å². The Balaban J connectivity index is 3.10. The van der Waals surface area contributed by atoms with Gasteiger partial charge in [-0.1, -0.05) is 6.07 Å². The largest absolute Gasteiger partial charge is 0.395 e. The molecule has 1 N–H and O–H groups in total. The van der Waals surface area contributed by atoms with Crippen LogP contribution in [0.2, 0.25) is 0 Å². The van der Waals surface area contributed by atoms with Crippen LogP contribution in [0.4, 0.5) is 5.69 Å². The van der Waals surface area contributed by atoms with Gasteiger partial charge in [-0.05, 0) is 22.0 Å². The first kappa shape index (κ1) is 13.6. The van der Waals surface area contributed by atoms with E-state index in [0.29, 0.717) is 0 Å². The lowest BCUT2D eigenvalue weighted by atomic mass is 10.2. The molecule has 0 unspecified atom stereocenters. The van der Waals surface area contributed by atoms with E-state index in [1.165, 1.54) is 30.1 Å². The highest BCUT2D eigenvalue weighted by atomic mass is 79.9. The molecule has 0 aliphatic carbocycles. The van der Waals surface area contributed by atoms with Crippen LogP contribution in [-0.2, 0) is 0 Å². The topological polar surface area (TPSA) is 83.7 Å². The van der Waals surface area contributed by atoms with E-state index in [9.17, 15) is 14.9 Å². The summed E-state index contributed by atoms with van der Waals surface area (Å²) in [6.07, 6.45) is 0. The van der Waals surface area contributed by atoms with E-state index in [2.05, 4.69) is 15.9 Å². The van der Waals surface area contributed by atoms with E-state index in [1.807, 2.05) is 0 Å². The van der Waals surface area contributed by atoms with E-state index >= 15 is 0 Å². The molecule has 7 heteroatoms. The van der Waals surface area contributed by atoms with Crippen LogP contribution in [-0.4, -0.2) is 41.0 Å². The minimum absolute atomic E-state index is 0.153. The molecule has 0 fully saturated rings. The van der Waals surface area contributed by atoms with E-state index in [0.717, 1.165) is 0 Å². The summed E-state index contributed by atoms with van der Waals surface area (Å²) in [5.41, 5.74) is 0.0448. The minimum atomic E-state index is -0.563. The van der Waals surface area contributed by atoms with Gasteiger partial charge < -0.3 is 10.0 Å². The molecule has 1 amide bonds.